The van der Waals surface area contributed by atoms with Crippen LogP contribution < -0.4 is 16.8 Å². The van der Waals surface area contributed by atoms with Crippen LogP contribution in [0.5, 0.6) is 0 Å². The number of hydrogen-bond acceptors (Lipinski definition) is 3. The lowest BCUT2D eigenvalue weighted by Gasteiger charge is -2.00. The molecule has 0 aliphatic carbocycles. The Balaban J connectivity index is 2.62. The van der Waals surface area contributed by atoms with E-state index in [1.165, 1.54) is 0 Å². The summed E-state index contributed by atoms with van der Waals surface area (Å²) in [6.45, 7) is 2.42. The van der Waals surface area contributed by atoms with Crippen molar-refractivity contribution in [3.05, 3.63) is 35.4 Å². The highest BCUT2D eigenvalue weighted by Crippen LogP contribution is 2.02. The average Bonchev–Trinajstić information content (AvgIpc) is 2.37. The van der Waals surface area contributed by atoms with Crippen LogP contribution in [0.25, 0.3) is 0 Å². The molecule has 0 aromatic heterocycles. The molecule has 1 amide bonds. The molecule has 18 heavy (non-hydrogen) atoms. The van der Waals surface area contributed by atoms with Crippen molar-refractivity contribution in [2.75, 3.05) is 6.54 Å². The summed E-state index contributed by atoms with van der Waals surface area (Å²) in [6, 6.07) is 7.62. The number of nitrogens with zero attached hydrogens (tertiary/aromatic N) is 2. The molecular formula is C12H17N5O. The standard InChI is InChI=1S/C12H17N5O/c1-9-2-4-10(5-3-9)12(14)17-16-11(13)6-7-15-8-18/h2-5,8H,6-7H2,1H3,(H2,13,16)(H2,14,17)(H,15,18). The molecule has 0 atom stereocenters. The minimum absolute atomic E-state index is 0.307. The first-order valence-corrected chi connectivity index (χ1v) is 5.53. The van der Waals surface area contributed by atoms with Gasteiger partial charge >= 0.3 is 0 Å². The van der Waals surface area contributed by atoms with Crippen molar-refractivity contribution in [1.29, 1.82) is 0 Å². The van der Waals surface area contributed by atoms with Gasteiger partial charge in [0.15, 0.2) is 5.84 Å². The minimum atomic E-state index is 0.307. The fraction of sp³-hybridized carbons (Fsp3) is 0.250. The van der Waals surface area contributed by atoms with Crippen molar-refractivity contribution in [3.63, 3.8) is 0 Å². The van der Waals surface area contributed by atoms with E-state index >= 15 is 0 Å². The molecule has 0 fully saturated rings. The van der Waals surface area contributed by atoms with Crippen LogP contribution in [0.4, 0.5) is 0 Å². The van der Waals surface area contributed by atoms with E-state index in [4.69, 9.17) is 11.5 Å². The Labute approximate surface area is 106 Å². The minimum Gasteiger partial charge on any atom is -0.386 e. The fourth-order valence-electron chi connectivity index (χ4n) is 1.21. The summed E-state index contributed by atoms with van der Waals surface area (Å²) < 4.78 is 0. The Kier molecular flexibility index (Phi) is 5.37. The van der Waals surface area contributed by atoms with E-state index in [0.29, 0.717) is 31.0 Å². The van der Waals surface area contributed by atoms with Crippen LogP contribution in [0.2, 0.25) is 0 Å². The summed E-state index contributed by atoms with van der Waals surface area (Å²) in [4.78, 5) is 10.0. The van der Waals surface area contributed by atoms with Gasteiger partial charge < -0.3 is 16.8 Å². The number of amidine groups is 2. The first kappa shape index (κ1) is 13.7. The fourth-order valence-corrected chi connectivity index (χ4v) is 1.21. The van der Waals surface area contributed by atoms with Gasteiger partial charge in [0.25, 0.3) is 0 Å². The SMILES string of the molecule is Cc1ccc(/C(N)=N/N=C(\N)CCNC=O)cc1. The Morgan fingerprint density at radius 2 is 1.94 bits per heavy atom. The Morgan fingerprint density at radius 3 is 2.56 bits per heavy atom. The molecule has 1 rings (SSSR count). The van der Waals surface area contributed by atoms with Crippen LogP contribution in [0, 0.1) is 6.92 Å². The Morgan fingerprint density at radius 1 is 1.28 bits per heavy atom. The van der Waals surface area contributed by atoms with Gasteiger partial charge in [-0.25, -0.2) is 0 Å². The summed E-state index contributed by atoms with van der Waals surface area (Å²) in [5.41, 5.74) is 13.3. The van der Waals surface area contributed by atoms with Gasteiger partial charge in [-0.05, 0) is 6.92 Å². The number of nitrogens with one attached hydrogen (secondary N) is 1. The molecule has 5 N–H and O–H groups in total. The molecule has 0 aliphatic heterocycles. The van der Waals surface area contributed by atoms with E-state index in [1.54, 1.807) is 0 Å². The lowest BCUT2D eigenvalue weighted by molar-refractivity contribution is -0.109. The van der Waals surface area contributed by atoms with Crippen LogP contribution in [-0.4, -0.2) is 24.6 Å². The normalized spacial score (nSPS) is 12.3. The Bertz CT molecular complexity index is 450. The number of benzene rings is 1. The number of hydrogen-bond donors (Lipinski definition) is 3. The van der Waals surface area contributed by atoms with Crippen LogP contribution in [0.3, 0.4) is 0 Å². The molecule has 0 heterocycles. The molecule has 1 aromatic rings. The van der Waals surface area contributed by atoms with Crippen molar-refractivity contribution in [1.82, 2.24) is 5.32 Å². The molecule has 0 aliphatic rings. The first-order chi connectivity index (χ1) is 8.63. The van der Waals surface area contributed by atoms with Crippen molar-refractivity contribution in [3.8, 4) is 0 Å². The topological polar surface area (TPSA) is 106 Å². The lowest BCUT2D eigenvalue weighted by atomic mass is 10.1. The lowest BCUT2D eigenvalue weighted by Crippen LogP contribution is -2.21. The smallest absolute Gasteiger partial charge is 0.207 e. The molecule has 1 aromatic carbocycles. The molecule has 0 saturated heterocycles. The van der Waals surface area contributed by atoms with E-state index in [9.17, 15) is 4.79 Å². The van der Waals surface area contributed by atoms with Gasteiger partial charge in [-0.1, -0.05) is 29.8 Å². The summed E-state index contributed by atoms with van der Waals surface area (Å²) in [7, 11) is 0. The molecular weight excluding hydrogens is 230 g/mol. The predicted octanol–water partition coefficient (Wildman–Crippen LogP) is 0.109. The third-order valence-electron chi connectivity index (χ3n) is 2.24. The first-order valence-electron chi connectivity index (χ1n) is 5.53. The molecule has 0 radical (unpaired) electrons. The third-order valence-corrected chi connectivity index (χ3v) is 2.24. The van der Waals surface area contributed by atoms with Crippen LogP contribution in [0.15, 0.2) is 34.5 Å². The zero-order valence-electron chi connectivity index (χ0n) is 10.3. The van der Waals surface area contributed by atoms with Crippen molar-refractivity contribution in [2.24, 2.45) is 21.7 Å². The predicted molar refractivity (Wildman–Crippen MR) is 72.2 cm³/mol. The maximum absolute atomic E-state index is 10.0. The monoisotopic (exact) mass is 247 g/mol. The molecule has 0 unspecified atom stereocenters. The highest BCUT2D eigenvalue weighted by atomic mass is 16.1. The third kappa shape index (κ3) is 4.65. The number of rotatable bonds is 6. The quantitative estimate of drug-likeness (QED) is 0.218. The van der Waals surface area contributed by atoms with Crippen molar-refractivity contribution < 1.29 is 4.79 Å². The molecule has 96 valence electrons. The molecule has 6 nitrogen and oxygen atoms in total. The van der Waals surface area contributed by atoms with Gasteiger partial charge in [0.1, 0.15) is 5.84 Å². The second-order valence-electron chi connectivity index (χ2n) is 3.76. The van der Waals surface area contributed by atoms with Gasteiger partial charge in [0.2, 0.25) is 6.41 Å². The van der Waals surface area contributed by atoms with E-state index < -0.39 is 0 Å². The van der Waals surface area contributed by atoms with E-state index in [1.807, 2.05) is 31.2 Å². The van der Waals surface area contributed by atoms with Crippen LogP contribution in [0.1, 0.15) is 17.5 Å². The Hall–Kier alpha value is -2.37. The molecule has 0 bridgehead atoms. The zero-order valence-corrected chi connectivity index (χ0v) is 10.3. The summed E-state index contributed by atoms with van der Waals surface area (Å²) in [6.07, 6.45) is 1.04. The largest absolute Gasteiger partial charge is 0.386 e. The van der Waals surface area contributed by atoms with Gasteiger partial charge in [0, 0.05) is 18.5 Å². The molecule has 0 saturated carbocycles. The number of carbonyl (C=O) groups excluding carboxylic acids is 1. The second kappa shape index (κ2) is 7.05. The number of carbonyl (C=O) groups is 1. The number of amides is 1. The highest BCUT2D eigenvalue weighted by Gasteiger charge is 1.97. The van der Waals surface area contributed by atoms with Gasteiger partial charge in [-0.3, -0.25) is 4.79 Å². The maximum Gasteiger partial charge on any atom is 0.207 e. The number of nitrogens with two attached hydrogens (primary N) is 2. The zero-order chi connectivity index (χ0) is 13.4. The summed E-state index contributed by atoms with van der Waals surface area (Å²) in [5.74, 6) is 0.626. The maximum atomic E-state index is 10.0. The van der Waals surface area contributed by atoms with E-state index in [0.717, 1.165) is 11.1 Å². The molecule has 6 heteroatoms. The van der Waals surface area contributed by atoms with Crippen LogP contribution >= 0.6 is 0 Å². The van der Waals surface area contributed by atoms with Gasteiger partial charge in [0.05, 0.1) is 0 Å². The number of aryl methyl sites for hydroxylation is 1. The van der Waals surface area contributed by atoms with E-state index in [-0.39, 0.29) is 0 Å². The van der Waals surface area contributed by atoms with Gasteiger partial charge in [-0.2, -0.15) is 0 Å². The van der Waals surface area contributed by atoms with Crippen molar-refractivity contribution >= 4 is 18.1 Å². The highest BCUT2D eigenvalue weighted by molar-refractivity contribution is 5.97. The van der Waals surface area contributed by atoms with E-state index in [2.05, 4.69) is 15.5 Å². The molecule has 0 spiro atoms. The summed E-state index contributed by atoms with van der Waals surface area (Å²) in [5, 5.41) is 10.1. The summed E-state index contributed by atoms with van der Waals surface area (Å²) >= 11 is 0. The van der Waals surface area contributed by atoms with Gasteiger partial charge in [-0.15, -0.1) is 10.2 Å². The second-order valence-corrected chi connectivity index (χ2v) is 3.76. The van der Waals surface area contributed by atoms with Crippen molar-refractivity contribution in [2.45, 2.75) is 13.3 Å². The van der Waals surface area contributed by atoms with Crippen LogP contribution in [-0.2, 0) is 4.79 Å². The average molecular weight is 247 g/mol.